The van der Waals surface area contributed by atoms with Gasteiger partial charge < -0.3 is 5.32 Å². The molecule has 142 valence electrons. The summed E-state index contributed by atoms with van der Waals surface area (Å²) in [4.78, 5) is 17.1. The summed E-state index contributed by atoms with van der Waals surface area (Å²) in [6.45, 7) is 11.2. The first-order valence-corrected chi connectivity index (χ1v) is 8.87. The van der Waals surface area contributed by atoms with Crippen molar-refractivity contribution in [1.29, 1.82) is 0 Å². The zero-order chi connectivity index (χ0) is 20.4. The molecule has 0 unspecified atom stereocenters. The smallest absolute Gasteiger partial charge is 0.132 e. The second-order valence-electron chi connectivity index (χ2n) is 6.48. The SMILES string of the molecule is C=Nc1ccc(C(=C)Nc2cc3nc(-c4cnn(C)c4)ccc3cn2)cc1N=C. The lowest BCUT2D eigenvalue weighted by atomic mass is 10.1. The second kappa shape index (κ2) is 7.47. The molecule has 0 saturated heterocycles. The van der Waals surface area contributed by atoms with Crippen molar-refractivity contribution in [1.82, 2.24) is 19.7 Å². The van der Waals surface area contributed by atoms with Gasteiger partial charge in [-0.15, -0.1) is 0 Å². The largest absolute Gasteiger partial charge is 0.340 e. The van der Waals surface area contributed by atoms with Gasteiger partial charge in [0.1, 0.15) is 5.82 Å². The summed E-state index contributed by atoms with van der Waals surface area (Å²) in [7, 11) is 1.88. The molecule has 0 aliphatic heterocycles. The summed E-state index contributed by atoms with van der Waals surface area (Å²) in [5.41, 5.74) is 5.51. The second-order valence-corrected chi connectivity index (χ2v) is 6.48. The molecular formula is C22H19N7. The van der Waals surface area contributed by atoms with Crippen LogP contribution < -0.4 is 5.32 Å². The number of hydrogen-bond donors (Lipinski definition) is 1. The van der Waals surface area contributed by atoms with E-state index in [1.165, 1.54) is 0 Å². The van der Waals surface area contributed by atoms with E-state index < -0.39 is 0 Å². The van der Waals surface area contributed by atoms with Crippen LogP contribution in [-0.4, -0.2) is 33.2 Å². The third-order valence-corrected chi connectivity index (χ3v) is 4.52. The number of hydrogen-bond acceptors (Lipinski definition) is 6. The van der Waals surface area contributed by atoms with Crippen molar-refractivity contribution in [3.8, 4) is 11.3 Å². The van der Waals surface area contributed by atoms with Gasteiger partial charge in [0, 0.05) is 42.2 Å². The van der Waals surface area contributed by atoms with E-state index in [0.717, 1.165) is 27.7 Å². The average Bonchev–Trinajstić information content (AvgIpc) is 3.19. The van der Waals surface area contributed by atoms with Gasteiger partial charge in [0.15, 0.2) is 0 Å². The van der Waals surface area contributed by atoms with Gasteiger partial charge >= 0.3 is 0 Å². The number of aryl methyl sites for hydroxylation is 1. The van der Waals surface area contributed by atoms with Crippen LogP contribution in [0.1, 0.15) is 5.56 Å². The van der Waals surface area contributed by atoms with Crippen LogP contribution in [0.5, 0.6) is 0 Å². The maximum atomic E-state index is 4.74. The standard InChI is InChI=1S/C22H19N7/c1-14(15-5-8-19(23-2)21(9-15)24-3)27-22-10-20-16(11-25-22)6-7-18(28-20)17-12-26-29(4)13-17/h5-13H,1-3H2,4H3,(H,25,27). The number of nitrogens with one attached hydrogen (secondary N) is 1. The molecule has 7 heteroatoms. The summed E-state index contributed by atoms with van der Waals surface area (Å²) in [6, 6.07) is 11.4. The molecule has 7 nitrogen and oxygen atoms in total. The summed E-state index contributed by atoms with van der Waals surface area (Å²) in [6.07, 6.45) is 5.51. The lowest BCUT2D eigenvalue weighted by molar-refractivity contribution is 0.768. The van der Waals surface area contributed by atoms with Crippen LogP contribution in [0.4, 0.5) is 17.2 Å². The van der Waals surface area contributed by atoms with Crippen molar-refractivity contribution < 1.29 is 0 Å². The first-order chi connectivity index (χ1) is 14.1. The molecule has 0 amide bonds. The number of aliphatic imine (C=N–C) groups is 2. The Bertz CT molecular complexity index is 1250. The first kappa shape index (κ1) is 18.2. The van der Waals surface area contributed by atoms with Crippen LogP contribution in [0, 0.1) is 0 Å². The molecule has 0 radical (unpaired) electrons. The molecule has 0 aliphatic carbocycles. The Morgan fingerprint density at radius 2 is 1.86 bits per heavy atom. The Labute approximate surface area is 168 Å². The third-order valence-electron chi connectivity index (χ3n) is 4.52. The fraction of sp³-hybridized carbons (Fsp3) is 0.0455. The number of fused-ring (bicyclic) bond motifs is 1. The van der Waals surface area contributed by atoms with E-state index in [9.17, 15) is 0 Å². The number of anilines is 1. The number of pyridine rings is 2. The molecule has 4 aromatic rings. The van der Waals surface area contributed by atoms with Gasteiger partial charge in [-0.25, -0.2) is 9.97 Å². The number of aromatic nitrogens is 4. The third kappa shape index (κ3) is 3.66. The van der Waals surface area contributed by atoms with E-state index >= 15 is 0 Å². The highest BCUT2D eigenvalue weighted by atomic mass is 15.2. The van der Waals surface area contributed by atoms with Crippen LogP contribution in [0.3, 0.4) is 0 Å². The molecule has 0 fully saturated rings. The van der Waals surface area contributed by atoms with Crippen molar-refractivity contribution in [2.45, 2.75) is 0 Å². The topological polar surface area (TPSA) is 80.4 Å². The van der Waals surface area contributed by atoms with Crippen LogP contribution in [-0.2, 0) is 7.05 Å². The van der Waals surface area contributed by atoms with E-state index in [4.69, 9.17) is 4.98 Å². The van der Waals surface area contributed by atoms with E-state index in [1.54, 1.807) is 17.1 Å². The predicted molar refractivity (Wildman–Crippen MR) is 119 cm³/mol. The fourth-order valence-electron chi connectivity index (χ4n) is 3.00. The molecule has 1 aromatic carbocycles. The lowest BCUT2D eigenvalue weighted by Crippen LogP contribution is -1.99. The highest BCUT2D eigenvalue weighted by molar-refractivity contribution is 5.85. The maximum absolute atomic E-state index is 4.74. The van der Waals surface area contributed by atoms with Crippen LogP contribution >= 0.6 is 0 Å². The Hall–Kier alpha value is -4.13. The Balaban J connectivity index is 1.63. The van der Waals surface area contributed by atoms with Gasteiger partial charge in [0.05, 0.1) is 28.8 Å². The molecule has 1 N–H and O–H groups in total. The Morgan fingerprint density at radius 3 is 2.59 bits per heavy atom. The molecule has 0 atom stereocenters. The molecule has 0 aliphatic rings. The fourth-order valence-corrected chi connectivity index (χ4v) is 3.00. The zero-order valence-electron chi connectivity index (χ0n) is 16.0. The monoisotopic (exact) mass is 381 g/mol. The van der Waals surface area contributed by atoms with E-state index in [1.807, 2.05) is 49.6 Å². The van der Waals surface area contributed by atoms with Crippen molar-refractivity contribution in [3.05, 3.63) is 67.1 Å². The number of rotatable bonds is 6. The molecule has 3 heterocycles. The van der Waals surface area contributed by atoms with Gasteiger partial charge in [0.2, 0.25) is 0 Å². The molecular weight excluding hydrogens is 362 g/mol. The van der Waals surface area contributed by atoms with Crippen LogP contribution in [0.15, 0.2) is 71.6 Å². The molecule has 0 saturated carbocycles. The average molecular weight is 381 g/mol. The van der Waals surface area contributed by atoms with Crippen LogP contribution in [0.2, 0.25) is 0 Å². The number of nitrogens with zero attached hydrogens (tertiary/aromatic N) is 6. The minimum Gasteiger partial charge on any atom is -0.340 e. The zero-order valence-corrected chi connectivity index (χ0v) is 16.0. The van der Waals surface area contributed by atoms with Crippen LogP contribution in [0.25, 0.3) is 27.9 Å². The Kier molecular flexibility index (Phi) is 4.70. The van der Waals surface area contributed by atoms with Gasteiger partial charge in [-0.3, -0.25) is 14.7 Å². The number of benzene rings is 1. The van der Waals surface area contributed by atoms with Crippen molar-refractivity contribution in [3.63, 3.8) is 0 Å². The maximum Gasteiger partial charge on any atom is 0.132 e. The molecule has 0 spiro atoms. The van der Waals surface area contributed by atoms with Gasteiger partial charge in [0.25, 0.3) is 0 Å². The highest BCUT2D eigenvalue weighted by Gasteiger charge is 2.08. The van der Waals surface area contributed by atoms with Gasteiger partial charge in [-0.05, 0) is 43.3 Å². The van der Waals surface area contributed by atoms with Crippen molar-refractivity contribution >= 4 is 47.2 Å². The minimum absolute atomic E-state index is 0.648. The molecule has 29 heavy (non-hydrogen) atoms. The quantitative estimate of drug-likeness (QED) is 0.488. The molecule has 0 bridgehead atoms. The van der Waals surface area contributed by atoms with Gasteiger partial charge in [-0.2, -0.15) is 5.10 Å². The minimum atomic E-state index is 0.648. The highest BCUT2D eigenvalue weighted by Crippen LogP contribution is 2.31. The summed E-state index contributed by atoms with van der Waals surface area (Å²) >= 11 is 0. The first-order valence-electron chi connectivity index (χ1n) is 8.87. The summed E-state index contributed by atoms with van der Waals surface area (Å²) in [5, 5.41) is 8.39. The van der Waals surface area contributed by atoms with E-state index in [0.29, 0.717) is 22.9 Å². The Morgan fingerprint density at radius 1 is 1.03 bits per heavy atom. The summed E-state index contributed by atoms with van der Waals surface area (Å²) in [5.74, 6) is 0.650. The van der Waals surface area contributed by atoms with Gasteiger partial charge in [-0.1, -0.05) is 12.6 Å². The molecule has 3 aromatic heterocycles. The summed E-state index contributed by atoms with van der Waals surface area (Å²) < 4.78 is 1.75. The predicted octanol–water partition coefficient (Wildman–Crippen LogP) is 4.78. The van der Waals surface area contributed by atoms with Crippen molar-refractivity contribution in [2.75, 3.05) is 5.32 Å². The molecule has 4 rings (SSSR count). The lowest BCUT2D eigenvalue weighted by Gasteiger charge is -2.11. The van der Waals surface area contributed by atoms with Crippen molar-refractivity contribution in [2.24, 2.45) is 17.0 Å². The van der Waals surface area contributed by atoms with E-state index in [2.05, 4.69) is 45.4 Å². The normalized spacial score (nSPS) is 10.7. The van der Waals surface area contributed by atoms with E-state index in [-0.39, 0.29) is 0 Å².